The van der Waals surface area contributed by atoms with Crippen LogP contribution in [0.1, 0.15) is 43.4 Å². The summed E-state index contributed by atoms with van der Waals surface area (Å²) in [5.41, 5.74) is 1.70. The summed E-state index contributed by atoms with van der Waals surface area (Å²) in [4.78, 5) is 15.7. The van der Waals surface area contributed by atoms with E-state index in [1.807, 2.05) is 6.07 Å². The number of imidazole rings is 1. The molecule has 0 radical (unpaired) electrons. The van der Waals surface area contributed by atoms with Crippen LogP contribution in [-0.4, -0.2) is 34.3 Å². The number of carboxylic acids is 1. The number of methoxy groups -OCH3 is 1. The van der Waals surface area contributed by atoms with E-state index in [9.17, 15) is 4.79 Å². The minimum absolute atomic E-state index is 0.237. The molecule has 5 heteroatoms. The van der Waals surface area contributed by atoms with Crippen LogP contribution in [0.5, 0.6) is 0 Å². The van der Waals surface area contributed by atoms with Gasteiger partial charge in [0.25, 0.3) is 0 Å². The van der Waals surface area contributed by atoms with E-state index in [0.717, 1.165) is 29.7 Å². The molecule has 0 unspecified atom stereocenters. The van der Waals surface area contributed by atoms with Gasteiger partial charge in [-0.3, -0.25) is 0 Å². The Morgan fingerprint density at radius 1 is 1.43 bits per heavy atom. The summed E-state index contributed by atoms with van der Waals surface area (Å²) in [6, 6.07) is 5.10. The molecular formula is C16H22N2O3. The van der Waals surface area contributed by atoms with Gasteiger partial charge < -0.3 is 14.4 Å². The summed E-state index contributed by atoms with van der Waals surface area (Å²) in [6.07, 6.45) is 1.84. The van der Waals surface area contributed by atoms with Gasteiger partial charge in [0.1, 0.15) is 5.82 Å². The fraction of sp³-hybridized carbons (Fsp3) is 0.500. The average molecular weight is 290 g/mol. The number of aryl methyl sites for hydroxylation is 1. The quantitative estimate of drug-likeness (QED) is 0.888. The van der Waals surface area contributed by atoms with Gasteiger partial charge in [-0.15, -0.1) is 0 Å². The Kier molecular flexibility index (Phi) is 4.32. The molecule has 1 heterocycles. The molecule has 5 nitrogen and oxygen atoms in total. The Hall–Kier alpha value is -1.88. The van der Waals surface area contributed by atoms with Gasteiger partial charge in [0, 0.05) is 13.5 Å². The first-order valence-corrected chi connectivity index (χ1v) is 7.14. The average Bonchev–Trinajstić information content (AvgIpc) is 2.76. The van der Waals surface area contributed by atoms with Crippen LogP contribution < -0.4 is 0 Å². The number of rotatable bonds is 6. The SMILES string of the molecule is CCCc1nc2cc(C(=O)O)ccc2n1C(C)(C)COC. The van der Waals surface area contributed by atoms with Gasteiger partial charge in [-0.05, 0) is 38.5 Å². The fourth-order valence-corrected chi connectivity index (χ4v) is 2.75. The molecule has 0 spiro atoms. The van der Waals surface area contributed by atoms with E-state index >= 15 is 0 Å². The monoisotopic (exact) mass is 290 g/mol. The molecule has 0 saturated heterocycles. The van der Waals surface area contributed by atoms with E-state index < -0.39 is 5.97 Å². The third-order valence-corrected chi connectivity index (χ3v) is 3.55. The zero-order valence-corrected chi connectivity index (χ0v) is 13.0. The number of ether oxygens (including phenoxy) is 1. The van der Waals surface area contributed by atoms with E-state index in [4.69, 9.17) is 9.84 Å². The molecule has 1 aromatic carbocycles. The van der Waals surface area contributed by atoms with E-state index in [-0.39, 0.29) is 11.1 Å². The number of nitrogens with zero attached hydrogens (tertiary/aromatic N) is 2. The highest BCUT2D eigenvalue weighted by atomic mass is 16.5. The standard InChI is InChI=1S/C16H22N2O3/c1-5-6-14-17-12-9-11(15(19)20)7-8-13(12)18(14)16(2,3)10-21-4/h7-9H,5-6,10H2,1-4H3,(H,19,20). The molecule has 2 rings (SSSR count). The van der Waals surface area contributed by atoms with Crippen molar-refractivity contribution >= 4 is 17.0 Å². The minimum Gasteiger partial charge on any atom is -0.478 e. The smallest absolute Gasteiger partial charge is 0.335 e. The van der Waals surface area contributed by atoms with Crippen molar-refractivity contribution in [2.24, 2.45) is 0 Å². The predicted octanol–water partition coefficient (Wildman–Crippen LogP) is 3.07. The Morgan fingerprint density at radius 3 is 2.71 bits per heavy atom. The van der Waals surface area contributed by atoms with Crippen LogP contribution in [0.25, 0.3) is 11.0 Å². The maximum absolute atomic E-state index is 11.1. The predicted molar refractivity (Wildman–Crippen MR) is 81.9 cm³/mol. The van der Waals surface area contributed by atoms with Crippen molar-refractivity contribution in [3.05, 3.63) is 29.6 Å². The highest BCUT2D eigenvalue weighted by molar-refractivity contribution is 5.92. The van der Waals surface area contributed by atoms with E-state index in [1.54, 1.807) is 19.2 Å². The van der Waals surface area contributed by atoms with Crippen molar-refractivity contribution in [2.75, 3.05) is 13.7 Å². The second kappa shape index (κ2) is 5.85. The van der Waals surface area contributed by atoms with E-state index in [1.165, 1.54) is 0 Å². The Balaban J connectivity index is 2.65. The topological polar surface area (TPSA) is 64.3 Å². The first-order chi connectivity index (χ1) is 9.90. The van der Waals surface area contributed by atoms with Crippen LogP contribution in [0.15, 0.2) is 18.2 Å². The third kappa shape index (κ3) is 2.93. The van der Waals surface area contributed by atoms with Crippen molar-refractivity contribution in [3.63, 3.8) is 0 Å². The van der Waals surface area contributed by atoms with Crippen LogP contribution >= 0.6 is 0 Å². The summed E-state index contributed by atoms with van der Waals surface area (Å²) >= 11 is 0. The lowest BCUT2D eigenvalue weighted by molar-refractivity contribution is 0.0697. The molecule has 1 aromatic heterocycles. The molecule has 2 aromatic rings. The van der Waals surface area contributed by atoms with Crippen molar-refractivity contribution in [2.45, 2.75) is 39.2 Å². The summed E-state index contributed by atoms with van der Waals surface area (Å²) < 4.78 is 7.50. The number of carbonyl (C=O) groups is 1. The molecule has 0 fully saturated rings. The lowest BCUT2D eigenvalue weighted by Gasteiger charge is -2.28. The third-order valence-electron chi connectivity index (χ3n) is 3.55. The van der Waals surface area contributed by atoms with Crippen LogP contribution in [0.4, 0.5) is 0 Å². The van der Waals surface area contributed by atoms with Gasteiger partial charge in [0.15, 0.2) is 0 Å². The maximum Gasteiger partial charge on any atom is 0.335 e. The van der Waals surface area contributed by atoms with Gasteiger partial charge >= 0.3 is 5.97 Å². The molecule has 0 aliphatic rings. The van der Waals surface area contributed by atoms with Crippen LogP contribution in [0.2, 0.25) is 0 Å². The number of hydrogen-bond acceptors (Lipinski definition) is 3. The molecule has 0 saturated carbocycles. The van der Waals surface area contributed by atoms with Gasteiger partial charge in [-0.2, -0.15) is 0 Å². The largest absolute Gasteiger partial charge is 0.478 e. The van der Waals surface area contributed by atoms with Gasteiger partial charge in [-0.1, -0.05) is 6.92 Å². The Labute approximate surface area is 124 Å². The number of hydrogen-bond donors (Lipinski definition) is 1. The number of benzene rings is 1. The maximum atomic E-state index is 11.1. The summed E-state index contributed by atoms with van der Waals surface area (Å²) in [5, 5.41) is 9.11. The van der Waals surface area contributed by atoms with Gasteiger partial charge in [0.2, 0.25) is 0 Å². The lowest BCUT2D eigenvalue weighted by Crippen LogP contribution is -2.33. The molecular weight excluding hydrogens is 268 g/mol. The minimum atomic E-state index is -0.931. The number of fused-ring (bicyclic) bond motifs is 1. The second-order valence-electron chi connectivity index (χ2n) is 5.87. The van der Waals surface area contributed by atoms with Crippen LogP contribution in [0, 0.1) is 0 Å². The van der Waals surface area contributed by atoms with E-state index in [0.29, 0.717) is 6.61 Å². The Bertz CT molecular complexity index is 659. The van der Waals surface area contributed by atoms with Crippen molar-refractivity contribution < 1.29 is 14.6 Å². The second-order valence-corrected chi connectivity index (χ2v) is 5.87. The van der Waals surface area contributed by atoms with Crippen molar-refractivity contribution in [1.82, 2.24) is 9.55 Å². The number of aromatic carboxylic acids is 1. The number of carboxylic acid groups (broad SMARTS) is 1. The van der Waals surface area contributed by atoms with Gasteiger partial charge in [0.05, 0.1) is 28.7 Å². The molecule has 0 aliphatic carbocycles. The highest BCUT2D eigenvalue weighted by Gasteiger charge is 2.26. The fourth-order valence-electron chi connectivity index (χ4n) is 2.75. The van der Waals surface area contributed by atoms with E-state index in [2.05, 4.69) is 30.3 Å². The molecule has 0 aliphatic heterocycles. The zero-order valence-electron chi connectivity index (χ0n) is 13.0. The Morgan fingerprint density at radius 2 is 2.14 bits per heavy atom. The van der Waals surface area contributed by atoms with Gasteiger partial charge in [-0.25, -0.2) is 9.78 Å². The zero-order chi connectivity index (χ0) is 15.6. The summed E-state index contributed by atoms with van der Waals surface area (Å²) in [7, 11) is 1.68. The highest BCUT2D eigenvalue weighted by Crippen LogP contribution is 2.27. The van der Waals surface area contributed by atoms with Crippen LogP contribution in [0.3, 0.4) is 0 Å². The summed E-state index contributed by atoms with van der Waals surface area (Å²) in [5.74, 6) is 0.0386. The molecule has 0 bridgehead atoms. The molecule has 0 amide bonds. The molecule has 0 atom stereocenters. The lowest BCUT2D eigenvalue weighted by atomic mass is 10.1. The molecule has 21 heavy (non-hydrogen) atoms. The molecule has 114 valence electrons. The first-order valence-electron chi connectivity index (χ1n) is 7.14. The van der Waals surface area contributed by atoms with Crippen molar-refractivity contribution in [1.29, 1.82) is 0 Å². The first kappa shape index (κ1) is 15.5. The number of aromatic nitrogens is 2. The van der Waals surface area contributed by atoms with Crippen LogP contribution in [-0.2, 0) is 16.7 Å². The molecule has 1 N–H and O–H groups in total. The normalized spacial score (nSPS) is 12.0. The summed E-state index contributed by atoms with van der Waals surface area (Å²) in [6.45, 7) is 6.87. The van der Waals surface area contributed by atoms with Crippen molar-refractivity contribution in [3.8, 4) is 0 Å².